The number of nitrogens with one attached hydrogen (secondary N) is 2. The van der Waals surface area contributed by atoms with Gasteiger partial charge < -0.3 is 10.3 Å². The van der Waals surface area contributed by atoms with Crippen LogP contribution in [-0.4, -0.2) is 37.9 Å². The summed E-state index contributed by atoms with van der Waals surface area (Å²) in [6.07, 6.45) is 7.92. The van der Waals surface area contributed by atoms with Crippen LogP contribution in [0.25, 0.3) is 0 Å². The second-order valence-electron chi connectivity index (χ2n) is 6.57. The Morgan fingerprint density at radius 1 is 1.36 bits per heavy atom. The van der Waals surface area contributed by atoms with Crippen molar-refractivity contribution < 1.29 is 0 Å². The summed E-state index contributed by atoms with van der Waals surface area (Å²) in [6, 6.07) is 4.04. The molecule has 6 nitrogen and oxygen atoms in total. The lowest BCUT2D eigenvalue weighted by Crippen LogP contribution is -2.34. The van der Waals surface area contributed by atoms with E-state index in [1.807, 2.05) is 25.4 Å². The zero-order valence-corrected chi connectivity index (χ0v) is 15.1. The Bertz CT molecular complexity index is 795. The van der Waals surface area contributed by atoms with Crippen molar-refractivity contribution in [2.45, 2.75) is 32.2 Å². The molecule has 1 fully saturated rings. The van der Waals surface area contributed by atoms with Crippen LogP contribution in [0.2, 0.25) is 0 Å². The van der Waals surface area contributed by atoms with E-state index in [4.69, 9.17) is 4.98 Å². The van der Waals surface area contributed by atoms with Gasteiger partial charge in [-0.1, -0.05) is 6.07 Å². The number of hydrogen-bond acceptors (Lipinski definition) is 6. The van der Waals surface area contributed by atoms with Crippen LogP contribution in [0.4, 0.5) is 10.9 Å². The molecule has 25 heavy (non-hydrogen) atoms. The molecule has 4 rings (SSSR count). The highest BCUT2D eigenvalue weighted by Crippen LogP contribution is 2.30. The third kappa shape index (κ3) is 4.05. The molecule has 130 valence electrons. The number of aromatic nitrogens is 4. The Kier molecular flexibility index (Phi) is 4.76. The summed E-state index contributed by atoms with van der Waals surface area (Å²) in [7, 11) is 0. The van der Waals surface area contributed by atoms with Crippen molar-refractivity contribution in [1.82, 2.24) is 24.8 Å². The summed E-state index contributed by atoms with van der Waals surface area (Å²) >= 11 is 1.65. The van der Waals surface area contributed by atoms with Crippen LogP contribution in [0.15, 0.2) is 36.2 Å². The molecule has 0 unspecified atom stereocenters. The first kappa shape index (κ1) is 16.2. The van der Waals surface area contributed by atoms with E-state index in [-0.39, 0.29) is 0 Å². The van der Waals surface area contributed by atoms with Crippen LogP contribution in [0, 0.1) is 6.92 Å². The highest BCUT2D eigenvalue weighted by Gasteiger charge is 2.23. The van der Waals surface area contributed by atoms with Crippen LogP contribution in [-0.2, 0) is 6.54 Å². The fourth-order valence-corrected chi connectivity index (χ4v) is 4.03. The Balaban J connectivity index is 1.39. The van der Waals surface area contributed by atoms with E-state index in [0.717, 1.165) is 36.1 Å². The van der Waals surface area contributed by atoms with Gasteiger partial charge in [-0.15, -0.1) is 11.3 Å². The van der Waals surface area contributed by atoms with Crippen LogP contribution >= 0.6 is 11.3 Å². The molecule has 0 radical (unpaired) electrons. The summed E-state index contributed by atoms with van der Waals surface area (Å²) in [5.74, 6) is 1.34. The number of hydrogen-bond donors (Lipinski definition) is 2. The van der Waals surface area contributed by atoms with Crippen LogP contribution in [0.3, 0.4) is 0 Å². The first-order valence-corrected chi connectivity index (χ1v) is 9.49. The molecule has 2 N–H and O–H groups in total. The van der Waals surface area contributed by atoms with Crippen molar-refractivity contribution in [2.75, 3.05) is 18.4 Å². The Morgan fingerprint density at radius 3 is 3.12 bits per heavy atom. The quantitative estimate of drug-likeness (QED) is 0.731. The second-order valence-corrected chi connectivity index (χ2v) is 7.43. The average molecular weight is 354 g/mol. The first-order valence-electron chi connectivity index (χ1n) is 8.61. The number of anilines is 2. The number of thiazole rings is 1. The SMILES string of the molecule is Cc1ccc(Nc2nc([C@H]3CCCN(Cc4cnc[nH]4)C3)cs2)nc1. The number of piperidine rings is 1. The summed E-state index contributed by atoms with van der Waals surface area (Å²) in [5, 5.41) is 6.40. The van der Waals surface area contributed by atoms with E-state index >= 15 is 0 Å². The number of aryl methyl sites for hydroxylation is 1. The summed E-state index contributed by atoms with van der Waals surface area (Å²) in [4.78, 5) is 19.0. The highest BCUT2D eigenvalue weighted by atomic mass is 32.1. The first-order chi connectivity index (χ1) is 12.3. The lowest BCUT2D eigenvalue weighted by Gasteiger charge is -2.31. The van der Waals surface area contributed by atoms with Gasteiger partial charge in [-0.25, -0.2) is 15.0 Å². The Hall–Kier alpha value is -2.25. The standard InChI is InChI=1S/C18H22N6S/c1-13-4-5-17(20-7-13)23-18-22-16(11-25-18)14-3-2-6-24(9-14)10-15-8-19-12-21-15/h4-5,7-8,11-12,14H,2-3,6,9-10H2,1H3,(H,19,21)(H,20,22,23)/t14-/m0/s1. The minimum absolute atomic E-state index is 0.495. The van der Waals surface area contributed by atoms with Crippen molar-refractivity contribution in [2.24, 2.45) is 0 Å². The van der Waals surface area contributed by atoms with Crippen LogP contribution in [0.1, 0.15) is 35.7 Å². The lowest BCUT2D eigenvalue weighted by molar-refractivity contribution is 0.197. The van der Waals surface area contributed by atoms with Gasteiger partial charge >= 0.3 is 0 Å². The largest absolute Gasteiger partial charge is 0.347 e. The van der Waals surface area contributed by atoms with E-state index in [0.29, 0.717) is 5.92 Å². The molecule has 0 spiro atoms. The predicted molar refractivity (Wildman–Crippen MR) is 100 cm³/mol. The smallest absolute Gasteiger partial charge is 0.188 e. The number of likely N-dealkylation sites (tertiary alicyclic amines) is 1. The van der Waals surface area contributed by atoms with Gasteiger partial charge in [-0.2, -0.15) is 0 Å². The minimum Gasteiger partial charge on any atom is -0.347 e. The van der Waals surface area contributed by atoms with E-state index in [1.54, 1.807) is 17.7 Å². The molecule has 0 aliphatic carbocycles. The second kappa shape index (κ2) is 7.33. The topological polar surface area (TPSA) is 69.7 Å². The fourth-order valence-electron chi connectivity index (χ4n) is 3.23. The van der Waals surface area contributed by atoms with Crippen LogP contribution in [0.5, 0.6) is 0 Å². The van der Waals surface area contributed by atoms with Crippen molar-refractivity contribution in [3.05, 3.63) is 53.2 Å². The maximum absolute atomic E-state index is 4.80. The van der Waals surface area contributed by atoms with E-state index in [9.17, 15) is 0 Å². The molecule has 0 saturated carbocycles. The van der Waals surface area contributed by atoms with Gasteiger partial charge in [0.15, 0.2) is 5.13 Å². The number of pyridine rings is 1. The van der Waals surface area contributed by atoms with Crippen molar-refractivity contribution in [3.8, 4) is 0 Å². The molecule has 3 aromatic rings. The maximum Gasteiger partial charge on any atom is 0.188 e. The minimum atomic E-state index is 0.495. The summed E-state index contributed by atoms with van der Waals surface area (Å²) in [5.41, 5.74) is 3.52. The zero-order valence-electron chi connectivity index (χ0n) is 14.3. The van der Waals surface area contributed by atoms with Gasteiger partial charge in [0.05, 0.1) is 12.0 Å². The Labute approximate surface area is 151 Å². The molecule has 0 bridgehead atoms. The predicted octanol–water partition coefficient (Wildman–Crippen LogP) is 3.69. The molecule has 1 saturated heterocycles. The number of nitrogens with zero attached hydrogens (tertiary/aromatic N) is 4. The van der Waals surface area contributed by atoms with Gasteiger partial charge in [0, 0.05) is 42.5 Å². The molecule has 4 heterocycles. The van der Waals surface area contributed by atoms with E-state index in [1.165, 1.54) is 24.2 Å². The molecule has 1 atom stereocenters. The number of aromatic amines is 1. The highest BCUT2D eigenvalue weighted by molar-refractivity contribution is 7.13. The molecule has 0 aromatic carbocycles. The molecule has 1 aliphatic rings. The van der Waals surface area contributed by atoms with Crippen LogP contribution < -0.4 is 5.32 Å². The molecule has 1 aliphatic heterocycles. The third-order valence-corrected chi connectivity index (χ3v) is 5.32. The van der Waals surface area contributed by atoms with E-state index in [2.05, 4.69) is 36.6 Å². The summed E-state index contributed by atoms with van der Waals surface area (Å²) < 4.78 is 0. The molecular weight excluding hydrogens is 332 g/mol. The van der Waals surface area contributed by atoms with Crippen molar-refractivity contribution in [1.29, 1.82) is 0 Å². The number of H-pyrrole nitrogens is 1. The van der Waals surface area contributed by atoms with Gasteiger partial charge in [-0.3, -0.25) is 4.90 Å². The normalized spacial score (nSPS) is 18.4. The maximum atomic E-state index is 4.80. The summed E-state index contributed by atoms with van der Waals surface area (Å²) in [6.45, 7) is 5.15. The van der Waals surface area contributed by atoms with Gasteiger partial charge in [0.2, 0.25) is 0 Å². The molecular formula is C18H22N6S. The van der Waals surface area contributed by atoms with Crippen molar-refractivity contribution in [3.63, 3.8) is 0 Å². The molecule has 0 amide bonds. The third-order valence-electron chi connectivity index (χ3n) is 4.54. The van der Waals surface area contributed by atoms with E-state index < -0.39 is 0 Å². The lowest BCUT2D eigenvalue weighted by atomic mass is 9.95. The average Bonchev–Trinajstić information content (AvgIpc) is 3.29. The fraction of sp³-hybridized carbons (Fsp3) is 0.389. The number of rotatable bonds is 5. The number of imidazole rings is 1. The van der Waals surface area contributed by atoms with Gasteiger partial charge in [0.25, 0.3) is 0 Å². The zero-order chi connectivity index (χ0) is 17.1. The molecule has 7 heteroatoms. The Morgan fingerprint density at radius 2 is 2.32 bits per heavy atom. The van der Waals surface area contributed by atoms with Gasteiger partial charge in [0.1, 0.15) is 5.82 Å². The van der Waals surface area contributed by atoms with Crippen molar-refractivity contribution >= 4 is 22.3 Å². The monoisotopic (exact) mass is 354 g/mol. The molecule has 3 aromatic heterocycles. The van der Waals surface area contributed by atoms with Gasteiger partial charge in [-0.05, 0) is 37.9 Å².